The molecule has 1 amide bonds. The van der Waals surface area contributed by atoms with Crippen LogP contribution >= 0.6 is 0 Å². The van der Waals surface area contributed by atoms with Gasteiger partial charge in [0.15, 0.2) is 0 Å². The Balaban J connectivity index is 1.77. The molecule has 19 heavy (non-hydrogen) atoms. The maximum atomic E-state index is 11.8. The second-order valence-electron chi connectivity index (χ2n) is 5.65. The molecule has 0 saturated carbocycles. The highest BCUT2D eigenvalue weighted by Gasteiger charge is 2.30. The van der Waals surface area contributed by atoms with Crippen molar-refractivity contribution < 1.29 is 9.53 Å². The first-order chi connectivity index (χ1) is 9.06. The topological polar surface area (TPSA) is 67.0 Å². The van der Waals surface area contributed by atoms with Crippen LogP contribution in [0, 0.1) is 18.8 Å². The number of hydrogen-bond acceptors (Lipinski definition) is 3. The van der Waals surface area contributed by atoms with Crippen LogP contribution in [0.25, 0.3) is 0 Å². The monoisotopic (exact) mass is 265 g/mol. The van der Waals surface area contributed by atoms with E-state index in [1.165, 1.54) is 0 Å². The number of nitrogens with zero attached hydrogens (tertiary/aromatic N) is 1. The number of rotatable bonds is 5. The van der Waals surface area contributed by atoms with Crippen molar-refractivity contribution in [3.8, 4) is 0 Å². The van der Waals surface area contributed by atoms with E-state index in [9.17, 15) is 4.79 Å². The Kier molecular flexibility index (Phi) is 4.58. The third-order valence-corrected chi connectivity index (χ3v) is 3.58. The molecule has 1 saturated heterocycles. The van der Waals surface area contributed by atoms with E-state index in [2.05, 4.69) is 29.4 Å². The summed E-state index contributed by atoms with van der Waals surface area (Å²) in [6.45, 7) is 7.76. The Morgan fingerprint density at radius 2 is 2.42 bits per heavy atom. The number of carbonyl (C=O) groups is 1. The van der Waals surface area contributed by atoms with E-state index >= 15 is 0 Å². The minimum absolute atomic E-state index is 0.0286. The van der Waals surface area contributed by atoms with Gasteiger partial charge >= 0.3 is 0 Å². The van der Waals surface area contributed by atoms with E-state index in [4.69, 9.17) is 4.74 Å². The third-order valence-electron chi connectivity index (χ3n) is 3.58. The Hall–Kier alpha value is -1.36. The molecule has 0 radical (unpaired) electrons. The van der Waals surface area contributed by atoms with Crippen LogP contribution in [0.5, 0.6) is 0 Å². The van der Waals surface area contributed by atoms with Gasteiger partial charge in [0.25, 0.3) is 0 Å². The summed E-state index contributed by atoms with van der Waals surface area (Å²) in [5, 5.41) is 9.91. The lowest BCUT2D eigenvalue weighted by molar-refractivity contribution is -0.120. The lowest BCUT2D eigenvalue weighted by Gasteiger charge is -2.22. The Labute approximate surface area is 114 Å². The highest BCUT2D eigenvalue weighted by molar-refractivity contribution is 5.78. The molecule has 2 rings (SSSR count). The van der Waals surface area contributed by atoms with E-state index in [1.807, 2.05) is 13.0 Å². The van der Waals surface area contributed by atoms with Crippen molar-refractivity contribution in [2.45, 2.75) is 39.7 Å². The van der Waals surface area contributed by atoms with Crippen LogP contribution in [0.4, 0.5) is 0 Å². The zero-order chi connectivity index (χ0) is 13.8. The van der Waals surface area contributed by atoms with Crippen LogP contribution < -0.4 is 5.32 Å². The third kappa shape index (κ3) is 3.80. The fourth-order valence-electron chi connectivity index (χ4n) is 2.65. The van der Waals surface area contributed by atoms with Crippen LogP contribution in [0.15, 0.2) is 6.07 Å². The summed E-state index contributed by atoms with van der Waals surface area (Å²) in [6.07, 6.45) is 1.64. The molecule has 1 fully saturated rings. The molecule has 5 nitrogen and oxygen atoms in total. The molecule has 2 heterocycles. The molecular formula is C14H23N3O2. The maximum absolute atomic E-state index is 11.8. The first-order valence-corrected chi connectivity index (χ1v) is 6.95. The molecule has 1 aromatic heterocycles. The number of nitrogens with one attached hydrogen (secondary N) is 2. The summed E-state index contributed by atoms with van der Waals surface area (Å²) in [6, 6.07) is 1.90. The van der Waals surface area contributed by atoms with E-state index in [1.54, 1.807) is 0 Å². The number of aromatic amines is 1. The normalized spacial score (nSPS) is 22.9. The summed E-state index contributed by atoms with van der Waals surface area (Å²) in [5.41, 5.74) is 1.77. The SMILES string of the molecule is Cc1cc(CC(=O)NC[C@H]2CCO[C@@H]2C(C)C)n[nH]1. The van der Waals surface area contributed by atoms with Crippen molar-refractivity contribution in [1.82, 2.24) is 15.5 Å². The highest BCUT2D eigenvalue weighted by atomic mass is 16.5. The molecule has 2 atom stereocenters. The van der Waals surface area contributed by atoms with Crippen molar-refractivity contribution in [3.05, 3.63) is 17.5 Å². The van der Waals surface area contributed by atoms with E-state index in [0.717, 1.165) is 24.4 Å². The number of hydrogen-bond donors (Lipinski definition) is 2. The first kappa shape index (κ1) is 14.1. The molecule has 0 aromatic carbocycles. The molecule has 5 heteroatoms. The van der Waals surface area contributed by atoms with Crippen molar-refractivity contribution in [2.24, 2.45) is 11.8 Å². The van der Waals surface area contributed by atoms with Gasteiger partial charge in [0.2, 0.25) is 5.91 Å². The van der Waals surface area contributed by atoms with Crippen LogP contribution in [0.3, 0.4) is 0 Å². The predicted molar refractivity (Wildman–Crippen MR) is 72.7 cm³/mol. The van der Waals surface area contributed by atoms with Crippen molar-refractivity contribution in [3.63, 3.8) is 0 Å². The first-order valence-electron chi connectivity index (χ1n) is 6.95. The summed E-state index contributed by atoms with van der Waals surface area (Å²) < 4.78 is 5.71. The predicted octanol–water partition coefficient (Wildman–Crippen LogP) is 1.44. The zero-order valence-electron chi connectivity index (χ0n) is 11.9. The van der Waals surface area contributed by atoms with Gasteiger partial charge in [-0.3, -0.25) is 9.89 Å². The smallest absolute Gasteiger partial charge is 0.226 e. The number of amides is 1. The van der Waals surface area contributed by atoms with E-state index in [-0.39, 0.29) is 12.0 Å². The minimum atomic E-state index is 0.0286. The number of carbonyl (C=O) groups excluding carboxylic acids is 1. The summed E-state index contributed by atoms with van der Waals surface area (Å²) >= 11 is 0. The molecule has 0 spiro atoms. The Morgan fingerprint density at radius 3 is 3.05 bits per heavy atom. The molecule has 2 N–H and O–H groups in total. The average molecular weight is 265 g/mol. The summed E-state index contributed by atoms with van der Waals surface area (Å²) in [7, 11) is 0. The van der Waals surface area contributed by atoms with Gasteiger partial charge in [0.1, 0.15) is 0 Å². The van der Waals surface area contributed by atoms with Crippen LogP contribution in [0.2, 0.25) is 0 Å². The lowest BCUT2D eigenvalue weighted by Crippen LogP contribution is -2.35. The molecule has 1 aromatic rings. The van der Waals surface area contributed by atoms with Gasteiger partial charge in [0, 0.05) is 24.8 Å². The molecule has 0 unspecified atom stereocenters. The van der Waals surface area contributed by atoms with E-state index in [0.29, 0.717) is 24.8 Å². The molecule has 0 bridgehead atoms. The van der Waals surface area contributed by atoms with Gasteiger partial charge in [-0.25, -0.2) is 0 Å². The quantitative estimate of drug-likeness (QED) is 0.846. The number of H-pyrrole nitrogens is 1. The zero-order valence-corrected chi connectivity index (χ0v) is 11.9. The van der Waals surface area contributed by atoms with Crippen molar-refractivity contribution in [2.75, 3.05) is 13.2 Å². The van der Waals surface area contributed by atoms with Gasteiger partial charge in [0.05, 0.1) is 18.2 Å². The number of aromatic nitrogens is 2. The molecular weight excluding hydrogens is 242 g/mol. The summed E-state index contributed by atoms with van der Waals surface area (Å²) in [5.74, 6) is 0.962. The van der Waals surface area contributed by atoms with Gasteiger partial charge < -0.3 is 10.1 Å². The lowest BCUT2D eigenvalue weighted by atomic mass is 9.93. The fraction of sp³-hybridized carbons (Fsp3) is 0.714. The molecule has 1 aliphatic rings. The second-order valence-corrected chi connectivity index (χ2v) is 5.65. The fourth-order valence-corrected chi connectivity index (χ4v) is 2.65. The largest absolute Gasteiger partial charge is 0.378 e. The minimum Gasteiger partial charge on any atom is -0.378 e. The van der Waals surface area contributed by atoms with Gasteiger partial charge in [-0.05, 0) is 25.3 Å². The number of ether oxygens (including phenoxy) is 1. The van der Waals surface area contributed by atoms with Gasteiger partial charge in [-0.2, -0.15) is 5.10 Å². The van der Waals surface area contributed by atoms with Crippen molar-refractivity contribution >= 4 is 5.91 Å². The molecule has 106 valence electrons. The molecule has 1 aliphatic heterocycles. The van der Waals surface area contributed by atoms with Crippen LogP contribution in [-0.2, 0) is 16.0 Å². The highest BCUT2D eigenvalue weighted by Crippen LogP contribution is 2.26. The maximum Gasteiger partial charge on any atom is 0.226 e. The van der Waals surface area contributed by atoms with Gasteiger partial charge in [-0.1, -0.05) is 13.8 Å². The van der Waals surface area contributed by atoms with Crippen molar-refractivity contribution in [1.29, 1.82) is 0 Å². The Bertz CT molecular complexity index is 428. The van der Waals surface area contributed by atoms with Gasteiger partial charge in [-0.15, -0.1) is 0 Å². The average Bonchev–Trinajstić information content (AvgIpc) is 2.95. The van der Waals surface area contributed by atoms with E-state index < -0.39 is 0 Å². The standard InChI is InChI=1S/C14H23N3O2/c1-9(2)14-11(4-5-19-14)8-15-13(18)7-12-6-10(3)16-17-12/h6,9,11,14H,4-5,7-8H2,1-3H3,(H,15,18)(H,16,17)/t11-,14-/m1/s1. The number of aryl methyl sites for hydroxylation is 1. The summed E-state index contributed by atoms with van der Waals surface area (Å²) in [4.78, 5) is 11.8. The van der Waals surface area contributed by atoms with Crippen LogP contribution in [0.1, 0.15) is 31.7 Å². The van der Waals surface area contributed by atoms with Crippen LogP contribution in [-0.4, -0.2) is 35.4 Å². The second kappa shape index (κ2) is 6.19. The molecule has 0 aliphatic carbocycles. The Morgan fingerprint density at radius 1 is 1.63 bits per heavy atom.